The first kappa shape index (κ1) is 16.6. The van der Waals surface area contributed by atoms with Crippen LogP contribution in [0.1, 0.15) is 24.8 Å². The minimum Gasteiger partial charge on any atom is -0.347 e. The molecule has 1 aromatic heterocycles. The Morgan fingerprint density at radius 1 is 1.29 bits per heavy atom. The van der Waals surface area contributed by atoms with Crippen LogP contribution in [0.2, 0.25) is 0 Å². The minimum atomic E-state index is 0.0787. The van der Waals surface area contributed by atoms with E-state index in [9.17, 15) is 4.79 Å². The third kappa shape index (κ3) is 5.16. The number of amides is 1. The molecule has 0 fully saturated rings. The standard InChI is InChI=1S/C16H18BrNOS2/c1-11(2)16(14-4-3-9-20-14)18-15(19)10-21-13-7-5-12(17)6-8-13/h3-9,11,16H,10H2,1-2H3,(H,18,19)/t16-/m0/s1. The van der Waals surface area contributed by atoms with Gasteiger partial charge in [-0.25, -0.2) is 0 Å². The molecule has 0 saturated heterocycles. The number of hydrogen-bond donors (Lipinski definition) is 1. The lowest BCUT2D eigenvalue weighted by molar-refractivity contribution is -0.119. The summed E-state index contributed by atoms with van der Waals surface area (Å²) in [4.78, 5) is 14.5. The summed E-state index contributed by atoms with van der Waals surface area (Å²) < 4.78 is 1.05. The van der Waals surface area contributed by atoms with Crippen molar-refractivity contribution in [2.75, 3.05) is 5.75 Å². The van der Waals surface area contributed by atoms with Gasteiger partial charge in [-0.15, -0.1) is 23.1 Å². The fraction of sp³-hybridized carbons (Fsp3) is 0.312. The maximum Gasteiger partial charge on any atom is 0.230 e. The van der Waals surface area contributed by atoms with Crippen LogP contribution in [0.5, 0.6) is 0 Å². The van der Waals surface area contributed by atoms with Gasteiger partial charge in [-0.2, -0.15) is 0 Å². The number of rotatable bonds is 6. The fourth-order valence-corrected chi connectivity index (χ4v) is 3.85. The molecule has 0 spiro atoms. The number of nitrogens with one attached hydrogen (secondary N) is 1. The predicted octanol–water partition coefficient (Wildman–Crippen LogP) is 5.12. The van der Waals surface area contributed by atoms with Crippen molar-refractivity contribution in [2.24, 2.45) is 5.92 Å². The van der Waals surface area contributed by atoms with E-state index in [2.05, 4.69) is 41.2 Å². The third-order valence-corrected chi connectivity index (χ3v) is 5.51. The Balaban J connectivity index is 1.89. The van der Waals surface area contributed by atoms with E-state index in [1.807, 2.05) is 35.7 Å². The Morgan fingerprint density at radius 2 is 2.00 bits per heavy atom. The van der Waals surface area contributed by atoms with Crippen LogP contribution < -0.4 is 5.32 Å². The van der Waals surface area contributed by atoms with Crippen molar-refractivity contribution in [3.05, 3.63) is 51.1 Å². The quantitative estimate of drug-likeness (QED) is 0.701. The largest absolute Gasteiger partial charge is 0.347 e. The van der Waals surface area contributed by atoms with Crippen molar-refractivity contribution >= 4 is 44.9 Å². The molecule has 21 heavy (non-hydrogen) atoms. The zero-order valence-corrected chi connectivity index (χ0v) is 15.2. The van der Waals surface area contributed by atoms with Gasteiger partial charge in [0.1, 0.15) is 0 Å². The molecule has 0 aliphatic heterocycles. The van der Waals surface area contributed by atoms with Gasteiger partial charge in [-0.05, 0) is 41.6 Å². The summed E-state index contributed by atoms with van der Waals surface area (Å²) in [5.74, 6) is 0.899. The molecular weight excluding hydrogens is 366 g/mol. The summed E-state index contributed by atoms with van der Waals surface area (Å²) in [6, 6.07) is 12.2. The SMILES string of the molecule is CC(C)[C@H](NC(=O)CSc1ccc(Br)cc1)c1cccs1. The van der Waals surface area contributed by atoms with Crippen molar-refractivity contribution in [1.82, 2.24) is 5.32 Å². The van der Waals surface area contributed by atoms with Crippen LogP contribution in [0.3, 0.4) is 0 Å². The third-order valence-electron chi connectivity index (χ3n) is 3.02. The van der Waals surface area contributed by atoms with Crippen LogP contribution in [0.25, 0.3) is 0 Å². The maximum absolute atomic E-state index is 12.2. The first-order valence-corrected chi connectivity index (χ1v) is 9.43. The first-order chi connectivity index (χ1) is 10.1. The molecular formula is C16H18BrNOS2. The monoisotopic (exact) mass is 383 g/mol. The highest BCUT2D eigenvalue weighted by Gasteiger charge is 2.19. The van der Waals surface area contributed by atoms with E-state index in [0.717, 1.165) is 9.37 Å². The second-order valence-electron chi connectivity index (χ2n) is 5.05. The molecule has 1 amide bonds. The molecule has 1 atom stereocenters. The van der Waals surface area contributed by atoms with Crippen molar-refractivity contribution in [3.63, 3.8) is 0 Å². The Bertz CT molecular complexity index is 566. The fourth-order valence-electron chi connectivity index (χ4n) is 1.93. The van der Waals surface area contributed by atoms with Gasteiger partial charge in [0.05, 0.1) is 11.8 Å². The lowest BCUT2D eigenvalue weighted by Crippen LogP contribution is -2.32. The number of thiophene rings is 1. The molecule has 0 aliphatic rings. The molecule has 2 rings (SSSR count). The van der Waals surface area contributed by atoms with Gasteiger partial charge in [-0.1, -0.05) is 35.8 Å². The van der Waals surface area contributed by atoms with Gasteiger partial charge in [0.15, 0.2) is 0 Å². The van der Waals surface area contributed by atoms with Crippen molar-refractivity contribution in [3.8, 4) is 0 Å². The number of hydrogen-bond acceptors (Lipinski definition) is 3. The topological polar surface area (TPSA) is 29.1 Å². The number of carbonyl (C=O) groups is 1. The molecule has 5 heteroatoms. The number of thioether (sulfide) groups is 1. The van der Waals surface area contributed by atoms with Crippen LogP contribution in [0.4, 0.5) is 0 Å². The molecule has 0 saturated carbocycles. The molecule has 2 nitrogen and oxygen atoms in total. The number of carbonyl (C=O) groups excluding carboxylic acids is 1. The zero-order valence-electron chi connectivity index (χ0n) is 12.0. The summed E-state index contributed by atoms with van der Waals surface area (Å²) in [5, 5.41) is 5.19. The molecule has 1 heterocycles. The smallest absolute Gasteiger partial charge is 0.230 e. The van der Waals surface area contributed by atoms with Gasteiger partial charge >= 0.3 is 0 Å². The summed E-state index contributed by atoms with van der Waals surface area (Å²) >= 11 is 6.66. The number of benzene rings is 1. The Morgan fingerprint density at radius 3 is 2.57 bits per heavy atom. The minimum absolute atomic E-state index is 0.0787. The van der Waals surface area contributed by atoms with Crippen LogP contribution in [-0.2, 0) is 4.79 Å². The van der Waals surface area contributed by atoms with E-state index in [1.54, 1.807) is 23.1 Å². The molecule has 0 aliphatic carbocycles. The second-order valence-corrected chi connectivity index (χ2v) is 7.99. The molecule has 0 radical (unpaired) electrons. The molecule has 0 unspecified atom stereocenters. The van der Waals surface area contributed by atoms with Gasteiger partial charge < -0.3 is 5.32 Å². The van der Waals surface area contributed by atoms with Crippen LogP contribution in [-0.4, -0.2) is 11.7 Å². The van der Waals surface area contributed by atoms with Crippen LogP contribution in [0, 0.1) is 5.92 Å². The highest BCUT2D eigenvalue weighted by molar-refractivity contribution is 9.10. The first-order valence-electron chi connectivity index (χ1n) is 6.77. The average molecular weight is 384 g/mol. The normalized spacial score (nSPS) is 12.4. The Hall–Kier alpha value is -0.780. The van der Waals surface area contributed by atoms with Crippen molar-refractivity contribution in [2.45, 2.75) is 24.8 Å². The number of halogens is 1. The van der Waals surface area contributed by atoms with Gasteiger partial charge in [0.25, 0.3) is 0 Å². The molecule has 1 N–H and O–H groups in total. The summed E-state index contributed by atoms with van der Waals surface area (Å²) in [5.41, 5.74) is 0. The van der Waals surface area contributed by atoms with E-state index in [1.165, 1.54) is 4.88 Å². The molecule has 2 aromatic rings. The highest BCUT2D eigenvalue weighted by Crippen LogP contribution is 2.26. The summed E-state index contributed by atoms with van der Waals surface area (Å²) in [6.07, 6.45) is 0. The van der Waals surface area contributed by atoms with E-state index in [0.29, 0.717) is 11.7 Å². The maximum atomic E-state index is 12.2. The van der Waals surface area contributed by atoms with E-state index in [4.69, 9.17) is 0 Å². The van der Waals surface area contributed by atoms with Gasteiger partial charge in [0, 0.05) is 14.2 Å². The summed E-state index contributed by atoms with van der Waals surface area (Å²) in [6.45, 7) is 4.26. The van der Waals surface area contributed by atoms with E-state index < -0.39 is 0 Å². The molecule has 112 valence electrons. The van der Waals surface area contributed by atoms with Gasteiger partial charge in [0.2, 0.25) is 5.91 Å². The Kier molecular flexibility index (Phi) is 6.33. The van der Waals surface area contributed by atoms with Crippen molar-refractivity contribution in [1.29, 1.82) is 0 Å². The average Bonchev–Trinajstić information content (AvgIpc) is 2.97. The molecule has 0 bridgehead atoms. The van der Waals surface area contributed by atoms with E-state index in [-0.39, 0.29) is 11.9 Å². The predicted molar refractivity (Wildman–Crippen MR) is 94.9 cm³/mol. The second kappa shape index (κ2) is 8.01. The van der Waals surface area contributed by atoms with Crippen molar-refractivity contribution < 1.29 is 4.79 Å². The zero-order chi connectivity index (χ0) is 15.2. The molecule has 1 aromatic carbocycles. The van der Waals surface area contributed by atoms with E-state index >= 15 is 0 Å². The van der Waals surface area contributed by atoms with Crippen LogP contribution >= 0.6 is 39.0 Å². The van der Waals surface area contributed by atoms with Crippen LogP contribution in [0.15, 0.2) is 51.1 Å². The lowest BCUT2D eigenvalue weighted by Gasteiger charge is -2.21. The summed E-state index contributed by atoms with van der Waals surface area (Å²) in [7, 11) is 0. The highest BCUT2D eigenvalue weighted by atomic mass is 79.9. The van der Waals surface area contributed by atoms with Gasteiger partial charge in [-0.3, -0.25) is 4.79 Å². The lowest BCUT2D eigenvalue weighted by atomic mass is 10.0. The Labute approximate surface area is 142 Å².